The van der Waals surface area contributed by atoms with E-state index in [1.54, 1.807) is 0 Å². The number of hydrogen-bond acceptors (Lipinski definition) is 11. The molecule has 0 rings (SSSR count). The molecule has 0 amide bonds. The standard InChI is InChI=1S/C12H24O5Si.C8H12O6Si/c1-5-12(13)14-10-9-11-18(15-6-2,16-7-3)17-8-4;1-5-15(12-6(2)9,13-7(3)10)14-8(4)11/h5H,1,6-11H2,2-4H3;5H,1H2,2-4H3. The monoisotopic (exact) mass is 508 g/mol. The molecule has 0 saturated carbocycles. The van der Waals surface area contributed by atoms with Gasteiger partial charge in [0.2, 0.25) is 0 Å². The van der Waals surface area contributed by atoms with Crippen LogP contribution in [0.2, 0.25) is 6.04 Å². The lowest BCUT2D eigenvalue weighted by Crippen LogP contribution is -2.47. The highest BCUT2D eigenvalue weighted by atomic mass is 28.4. The van der Waals surface area contributed by atoms with Gasteiger partial charge in [0.05, 0.1) is 6.61 Å². The quantitative estimate of drug-likeness (QED) is 0.140. The van der Waals surface area contributed by atoms with Gasteiger partial charge in [0.1, 0.15) is 0 Å². The molecule has 0 radical (unpaired) electrons. The maximum Gasteiger partial charge on any atom is 0.734 e. The Morgan fingerprint density at radius 2 is 1.15 bits per heavy atom. The van der Waals surface area contributed by atoms with Crippen molar-refractivity contribution in [2.24, 2.45) is 0 Å². The first-order chi connectivity index (χ1) is 15.4. The van der Waals surface area contributed by atoms with Gasteiger partial charge in [-0.15, -0.1) is 0 Å². The summed E-state index contributed by atoms with van der Waals surface area (Å²) in [6, 6.07) is 0.646. The molecule has 0 aliphatic heterocycles. The van der Waals surface area contributed by atoms with E-state index in [0.717, 1.165) is 32.5 Å². The first kappa shape index (κ1) is 32.9. The molecule has 0 unspecified atom stereocenters. The fourth-order valence-electron chi connectivity index (χ4n) is 2.31. The van der Waals surface area contributed by atoms with Gasteiger partial charge in [0, 0.05) is 58.4 Å². The molecule has 11 nitrogen and oxygen atoms in total. The molecule has 0 heterocycles. The van der Waals surface area contributed by atoms with Crippen LogP contribution < -0.4 is 0 Å². The number of carbonyl (C=O) groups is 4. The molecule has 0 N–H and O–H groups in total. The largest absolute Gasteiger partial charge is 0.734 e. The van der Waals surface area contributed by atoms with Crippen LogP contribution in [-0.4, -0.2) is 67.9 Å². The van der Waals surface area contributed by atoms with Crippen LogP contribution in [0.1, 0.15) is 48.0 Å². The summed E-state index contributed by atoms with van der Waals surface area (Å²) in [7, 11) is -6.34. The summed E-state index contributed by atoms with van der Waals surface area (Å²) in [5.74, 6) is -2.57. The van der Waals surface area contributed by atoms with Crippen LogP contribution in [0.15, 0.2) is 24.9 Å². The van der Waals surface area contributed by atoms with Gasteiger partial charge < -0.3 is 31.3 Å². The Balaban J connectivity index is 0. The van der Waals surface area contributed by atoms with Gasteiger partial charge in [0.15, 0.2) is 0 Å². The average Bonchev–Trinajstić information content (AvgIpc) is 2.70. The predicted molar refractivity (Wildman–Crippen MR) is 122 cm³/mol. The SMILES string of the molecule is C=CC(=O)OCCC[Si](OCC)(OCC)OCC.C=C[Si](OC(C)=O)(OC(C)=O)OC(C)=O. The lowest BCUT2D eigenvalue weighted by atomic mass is 10.5. The summed E-state index contributed by atoms with van der Waals surface area (Å²) in [5, 5.41) is 0. The molecule has 13 heteroatoms. The van der Waals surface area contributed by atoms with Crippen LogP contribution in [-0.2, 0) is 50.5 Å². The van der Waals surface area contributed by atoms with Crippen molar-refractivity contribution in [3.05, 3.63) is 24.9 Å². The second-order valence-corrected chi connectivity index (χ2v) is 11.0. The lowest BCUT2D eigenvalue weighted by Gasteiger charge is -2.28. The van der Waals surface area contributed by atoms with E-state index in [9.17, 15) is 19.2 Å². The van der Waals surface area contributed by atoms with E-state index >= 15 is 0 Å². The summed E-state index contributed by atoms with van der Waals surface area (Å²) in [4.78, 5) is 43.2. The van der Waals surface area contributed by atoms with Gasteiger partial charge in [-0.3, -0.25) is 14.4 Å². The van der Waals surface area contributed by atoms with Crippen molar-refractivity contribution in [3.63, 3.8) is 0 Å². The maximum atomic E-state index is 10.9. The van der Waals surface area contributed by atoms with Crippen molar-refractivity contribution >= 4 is 41.5 Å². The van der Waals surface area contributed by atoms with Crippen molar-refractivity contribution in [3.8, 4) is 0 Å². The second kappa shape index (κ2) is 18.1. The second-order valence-electron chi connectivity index (χ2n) is 6.05. The molecule has 190 valence electrons. The Bertz CT molecular complexity index is 594. The van der Waals surface area contributed by atoms with Gasteiger partial charge in [-0.05, 0) is 27.2 Å². The molecule has 0 aromatic heterocycles. The molecule has 0 saturated heterocycles. The summed E-state index contributed by atoms with van der Waals surface area (Å²) in [5.41, 5.74) is 1.04. The number of rotatable bonds is 15. The smallest absolute Gasteiger partial charge is 0.463 e. The normalized spacial score (nSPS) is 10.7. The van der Waals surface area contributed by atoms with Crippen LogP contribution in [0.25, 0.3) is 0 Å². The van der Waals surface area contributed by atoms with Crippen molar-refractivity contribution in [2.45, 2.75) is 54.0 Å². The molecule has 0 aliphatic carbocycles. The van der Waals surface area contributed by atoms with Crippen molar-refractivity contribution in [1.82, 2.24) is 0 Å². The van der Waals surface area contributed by atoms with E-state index in [-0.39, 0.29) is 0 Å². The zero-order chi connectivity index (χ0) is 25.9. The molecular weight excluding hydrogens is 472 g/mol. The Morgan fingerprint density at radius 3 is 1.42 bits per heavy atom. The Morgan fingerprint density at radius 1 is 0.758 bits per heavy atom. The first-order valence-corrected chi connectivity index (χ1v) is 14.1. The third-order valence-corrected chi connectivity index (χ3v) is 8.61. The Labute approximate surface area is 197 Å². The van der Waals surface area contributed by atoms with E-state index in [2.05, 4.69) is 13.2 Å². The molecule has 0 spiro atoms. The van der Waals surface area contributed by atoms with Gasteiger partial charge in [-0.1, -0.05) is 13.2 Å². The molecule has 0 bridgehead atoms. The lowest BCUT2D eigenvalue weighted by molar-refractivity contribution is -0.147. The first-order valence-electron chi connectivity index (χ1n) is 10.4. The van der Waals surface area contributed by atoms with E-state index in [1.165, 1.54) is 0 Å². The number of hydrogen-bond donors (Lipinski definition) is 0. The minimum Gasteiger partial charge on any atom is -0.463 e. The number of esters is 1. The van der Waals surface area contributed by atoms with Crippen molar-refractivity contribution in [2.75, 3.05) is 26.4 Å². The summed E-state index contributed by atoms with van der Waals surface area (Å²) in [6.07, 6.45) is 1.81. The van der Waals surface area contributed by atoms with E-state index in [1.807, 2.05) is 20.8 Å². The van der Waals surface area contributed by atoms with Crippen LogP contribution >= 0.6 is 0 Å². The highest BCUT2D eigenvalue weighted by Crippen LogP contribution is 2.18. The molecular formula is C20H36O11Si2. The molecule has 0 atom stereocenters. The van der Waals surface area contributed by atoms with E-state index < -0.39 is 41.5 Å². The maximum absolute atomic E-state index is 10.9. The van der Waals surface area contributed by atoms with Crippen LogP contribution in [0.5, 0.6) is 0 Å². The van der Waals surface area contributed by atoms with Crippen LogP contribution in [0.3, 0.4) is 0 Å². The predicted octanol–water partition coefficient (Wildman–Crippen LogP) is 2.49. The average molecular weight is 509 g/mol. The summed E-state index contributed by atoms with van der Waals surface area (Å²) in [6.45, 7) is 17.7. The minimum absolute atomic E-state index is 0.326. The van der Waals surface area contributed by atoms with Crippen molar-refractivity contribution < 1.29 is 50.5 Å². The van der Waals surface area contributed by atoms with Crippen LogP contribution in [0.4, 0.5) is 0 Å². The van der Waals surface area contributed by atoms with Gasteiger partial charge in [-0.2, -0.15) is 0 Å². The highest BCUT2D eigenvalue weighted by Gasteiger charge is 2.48. The molecule has 0 aromatic carbocycles. The molecule has 33 heavy (non-hydrogen) atoms. The summed E-state index contributed by atoms with van der Waals surface area (Å²) >= 11 is 0. The topological polar surface area (TPSA) is 133 Å². The number of carbonyl (C=O) groups excluding carboxylic acids is 4. The molecule has 0 fully saturated rings. The Kier molecular flexibility index (Phi) is 18.1. The van der Waals surface area contributed by atoms with E-state index in [4.69, 9.17) is 31.3 Å². The van der Waals surface area contributed by atoms with Crippen molar-refractivity contribution in [1.29, 1.82) is 0 Å². The third kappa shape index (κ3) is 16.0. The van der Waals surface area contributed by atoms with Crippen LogP contribution in [0, 0.1) is 0 Å². The third-order valence-electron chi connectivity index (χ3n) is 3.24. The fraction of sp³-hybridized carbons (Fsp3) is 0.600. The van der Waals surface area contributed by atoms with Gasteiger partial charge >= 0.3 is 23.6 Å². The molecule has 0 aromatic rings. The zero-order valence-corrected chi connectivity index (χ0v) is 22.3. The zero-order valence-electron chi connectivity index (χ0n) is 20.3. The van der Waals surface area contributed by atoms with E-state index in [0.29, 0.717) is 38.9 Å². The minimum atomic E-state index is -3.74. The Hall–Kier alpha value is -2.33. The van der Waals surface area contributed by atoms with Gasteiger partial charge in [-0.25, -0.2) is 4.79 Å². The fourth-order valence-corrected chi connectivity index (χ4v) is 6.47. The molecule has 0 aliphatic rings. The number of ether oxygens (including phenoxy) is 1. The highest BCUT2D eigenvalue weighted by molar-refractivity contribution is 6.70. The van der Waals surface area contributed by atoms with Gasteiger partial charge in [0.25, 0.3) is 17.9 Å². The summed E-state index contributed by atoms with van der Waals surface area (Å²) < 4.78 is 36.1.